The van der Waals surface area contributed by atoms with Gasteiger partial charge in [-0.2, -0.15) is 5.26 Å². The normalized spacial score (nSPS) is 9.57. The Hall–Kier alpha value is -2.27. The highest BCUT2D eigenvalue weighted by molar-refractivity contribution is 7.12. The molecule has 0 aliphatic heterocycles. The van der Waals surface area contributed by atoms with Crippen molar-refractivity contribution in [3.05, 3.63) is 51.7 Å². The molecule has 0 fully saturated rings. The van der Waals surface area contributed by atoms with Gasteiger partial charge in [0.1, 0.15) is 0 Å². The highest BCUT2D eigenvalue weighted by Gasteiger charge is 2.05. The van der Waals surface area contributed by atoms with Crippen molar-refractivity contribution < 1.29 is 5.11 Å². The first-order chi connectivity index (χ1) is 10.2. The second-order valence-corrected chi connectivity index (χ2v) is 5.73. The third-order valence-corrected chi connectivity index (χ3v) is 3.90. The highest BCUT2D eigenvalue weighted by Crippen LogP contribution is 2.21. The zero-order valence-electron chi connectivity index (χ0n) is 11.8. The number of thiophene rings is 1. The summed E-state index contributed by atoms with van der Waals surface area (Å²) in [4.78, 5) is 4.34. The van der Waals surface area contributed by atoms with Crippen LogP contribution < -0.4 is 4.90 Å². The summed E-state index contributed by atoms with van der Waals surface area (Å²) in [5.74, 6) is 5.97. The molecule has 3 nitrogen and oxygen atoms in total. The van der Waals surface area contributed by atoms with E-state index in [2.05, 4.69) is 28.9 Å². The molecule has 1 N–H and O–H groups in total. The number of aliphatic hydroxyl groups excluding tert-OH is 1. The van der Waals surface area contributed by atoms with E-state index in [1.807, 2.05) is 31.3 Å². The smallest absolute Gasteiger partial charge is 0.0992 e. The second-order valence-electron chi connectivity index (χ2n) is 4.56. The summed E-state index contributed by atoms with van der Waals surface area (Å²) in [5, 5.41) is 17.6. The molecule has 4 heteroatoms. The van der Waals surface area contributed by atoms with E-state index in [0.717, 1.165) is 17.1 Å². The molecule has 0 atom stereocenters. The van der Waals surface area contributed by atoms with Gasteiger partial charge >= 0.3 is 0 Å². The minimum absolute atomic E-state index is 0.100. The first-order valence-corrected chi connectivity index (χ1v) is 7.44. The van der Waals surface area contributed by atoms with Gasteiger partial charge in [0.05, 0.1) is 29.7 Å². The Morgan fingerprint density at radius 2 is 2.14 bits per heavy atom. The molecule has 106 valence electrons. The fraction of sp³-hybridized carbons (Fsp3) is 0.235. The second kappa shape index (κ2) is 7.50. The molecule has 0 amide bonds. The van der Waals surface area contributed by atoms with Gasteiger partial charge in [0.15, 0.2) is 0 Å². The fourth-order valence-electron chi connectivity index (χ4n) is 1.87. The molecule has 0 radical (unpaired) electrons. The molecule has 0 aliphatic rings. The van der Waals surface area contributed by atoms with Crippen LogP contribution in [0.2, 0.25) is 0 Å². The third-order valence-electron chi connectivity index (χ3n) is 2.92. The van der Waals surface area contributed by atoms with Crippen LogP contribution in [0.5, 0.6) is 0 Å². The van der Waals surface area contributed by atoms with Crippen LogP contribution in [-0.2, 0) is 6.54 Å². The van der Waals surface area contributed by atoms with Crippen molar-refractivity contribution in [3.8, 4) is 17.9 Å². The molecule has 2 rings (SSSR count). The van der Waals surface area contributed by atoms with Crippen LogP contribution in [0.1, 0.15) is 21.7 Å². The Morgan fingerprint density at radius 1 is 1.29 bits per heavy atom. The lowest BCUT2D eigenvalue weighted by atomic mass is 10.2. The zero-order chi connectivity index (χ0) is 15.1. The van der Waals surface area contributed by atoms with Crippen LogP contribution in [-0.4, -0.2) is 18.8 Å². The predicted molar refractivity (Wildman–Crippen MR) is 86.2 cm³/mol. The largest absolute Gasteiger partial charge is 0.395 e. The van der Waals surface area contributed by atoms with Gasteiger partial charge in [-0.3, -0.25) is 0 Å². The number of nitrogens with zero attached hydrogens (tertiary/aromatic N) is 2. The molecular formula is C17H16N2OS. The summed E-state index contributed by atoms with van der Waals surface area (Å²) in [6.07, 6.45) is 0.508. The number of hydrogen-bond acceptors (Lipinski definition) is 4. The number of hydrogen-bond donors (Lipinski definition) is 1. The van der Waals surface area contributed by atoms with E-state index in [9.17, 15) is 0 Å². The van der Waals surface area contributed by atoms with Crippen LogP contribution in [0.25, 0.3) is 0 Å². The summed E-state index contributed by atoms with van der Waals surface area (Å²) in [6, 6.07) is 13.8. The Bertz CT molecular complexity index is 703. The van der Waals surface area contributed by atoms with Crippen LogP contribution in [0, 0.1) is 23.2 Å². The van der Waals surface area contributed by atoms with Crippen molar-refractivity contribution in [3.63, 3.8) is 0 Å². The van der Waals surface area contributed by atoms with Crippen molar-refractivity contribution in [2.24, 2.45) is 0 Å². The van der Waals surface area contributed by atoms with Gasteiger partial charge in [-0.25, -0.2) is 0 Å². The molecule has 1 aromatic heterocycles. The maximum atomic E-state index is 8.94. The van der Waals surface area contributed by atoms with E-state index < -0.39 is 0 Å². The molecule has 1 aromatic carbocycles. The lowest BCUT2D eigenvalue weighted by Crippen LogP contribution is -2.15. The molecule has 0 aliphatic carbocycles. The molecule has 0 spiro atoms. The molecule has 0 unspecified atom stereocenters. The average Bonchev–Trinajstić information content (AvgIpc) is 2.95. The third kappa shape index (κ3) is 4.36. The molecular weight excluding hydrogens is 280 g/mol. The van der Waals surface area contributed by atoms with Crippen LogP contribution in [0.3, 0.4) is 0 Å². The van der Waals surface area contributed by atoms with Gasteiger partial charge in [0, 0.05) is 24.0 Å². The van der Waals surface area contributed by atoms with Crippen molar-refractivity contribution in [1.82, 2.24) is 0 Å². The molecule has 2 aromatic rings. The summed E-state index contributed by atoms with van der Waals surface area (Å²) in [7, 11) is 2.01. The van der Waals surface area contributed by atoms with E-state index in [0.29, 0.717) is 12.0 Å². The minimum Gasteiger partial charge on any atom is -0.395 e. The molecule has 0 saturated carbocycles. The first kappa shape index (κ1) is 15.1. The minimum atomic E-state index is 0.100. The molecule has 21 heavy (non-hydrogen) atoms. The van der Waals surface area contributed by atoms with Gasteiger partial charge in [-0.05, 0) is 30.3 Å². The van der Waals surface area contributed by atoms with E-state index in [-0.39, 0.29) is 6.61 Å². The van der Waals surface area contributed by atoms with Crippen LogP contribution >= 0.6 is 11.3 Å². The molecule has 0 saturated heterocycles. The van der Waals surface area contributed by atoms with Crippen LogP contribution in [0.15, 0.2) is 36.4 Å². The van der Waals surface area contributed by atoms with E-state index >= 15 is 0 Å². The highest BCUT2D eigenvalue weighted by atomic mass is 32.1. The van der Waals surface area contributed by atoms with Gasteiger partial charge < -0.3 is 10.0 Å². The number of rotatable bonds is 4. The lowest BCUT2D eigenvalue weighted by molar-refractivity contribution is 0.305. The Kier molecular flexibility index (Phi) is 5.40. The van der Waals surface area contributed by atoms with E-state index in [1.165, 1.54) is 4.88 Å². The maximum Gasteiger partial charge on any atom is 0.0992 e. The number of anilines is 1. The zero-order valence-corrected chi connectivity index (χ0v) is 12.7. The monoisotopic (exact) mass is 296 g/mol. The molecule has 0 bridgehead atoms. The SMILES string of the molecule is CN(Cc1ccc(C#CCCO)s1)c1cccc(C#N)c1. The summed E-state index contributed by atoms with van der Waals surface area (Å²) >= 11 is 1.65. The Labute approximate surface area is 129 Å². The van der Waals surface area contributed by atoms with Crippen molar-refractivity contribution in [2.45, 2.75) is 13.0 Å². The van der Waals surface area contributed by atoms with Crippen molar-refractivity contribution >= 4 is 17.0 Å². The quantitative estimate of drug-likeness (QED) is 0.882. The number of aliphatic hydroxyl groups is 1. The summed E-state index contributed by atoms with van der Waals surface area (Å²) in [6.45, 7) is 0.879. The van der Waals surface area contributed by atoms with Crippen molar-refractivity contribution in [2.75, 3.05) is 18.6 Å². The Balaban J connectivity index is 2.04. The fourth-order valence-corrected chi connectivity index (χ4v) is 2.81. The Morgan fingerprint density at radius 3 is 2.90 bits per heavy atom. The lowest BCUT2D eigenvalue weighted by Gasteiger charge is -2.18. The van der Waals surface area contributed by atoms with Gasteiger partial charge in [-0.1, -0.05) is 17.9 Å². The van der Waals surface area contributed by atoms with Gasteiger partial charge in [-0.15, -0.1) is 11.3 Å². The summed E-state index contributed by atoms with van der Waals surface area (Å²) in [5.41, 5.74) is 1.69. The predicted octanol–water partition coefficient (Wildman–Crippen LogP) is 2.99. The maximum absolute atomic E-state index is 8.94. The average molecular weight is 296 g/mol. The van der Waals surface area contributed by atoms with Gasteiger partial charge in [0.25, 0.3) is 0 Å². The first-order valence-electron chi connectivity index (χ1n) is 6.62. The topological polar surface area (TPSA) is 47.3 Å². The van der Waals surface area contributed by atoms with E-state index in [1.54, 1.807) is 17.4 Å². The number of benzene rings is 1. The molecule has 1 heterocycles. The summed E-state index contributed by atoms with van der Waals surface area (Å²) < 4.78 is 0. The standard InChI is InChI=1S/C17H16N2OS/c1-19(15-6-4-5-14(11-15)12-18)13-17-9-8-16(21-17)7-2-3-10-20/h4-6,8-9,11,20H,3,10,13H2,1H3. The van der Waals surface area contributed by atoms with Crippen molar-refractivity contribution in [1.29, 1.82) is 5.26 Å². The van der Waals surface area contributed by atoms with Crippen LogP contribution in [0.4, 0.5) is 5.69 Å². The number of nitriles is 1. The van der Waals surface area contributed by atoms with E-state index in [4.69, 9.17) is 10.4 Å². The van der Waals surface area contributed by atoms with Gasteiger partial charge in [0.2, 0.25) is 0 Å².